The summed E-state index contributed by atoms with van der Waals surface area (Å²) in [7, 11) is 0. The minimum atomic E-state index is 0.431. The van der Waals surface area contributed by atoms with Crippen molar-refractivity contribution in [3.63, 3.8) is 0 Å². The average molecular weight is 873 g/mol. The molecule has 0 radical (unpaired) electrons. The Morgan fingerprint density at radius 1 is 0.250 bits per heavy atom. The number of benzene rings is 12. The molecule has 12 aromatic carbocycles. The Morgan fingerprint density at radius 3 is 0.824 bits per heavy atom. The maximum atomic E-state index is 2.50. The van der Waals surface area contributed by atoms with Crippen molar-refractivity contribution >= 4 is 98.8 Å². The first kappa shape index (κ1) is 41.2. The molecular formula is C66H52N2. The largest absolute Gasteiger partial charge is 0.309 e. The van der Waals surface area contributed by atoms with Gasteiger partial charge in [0.15, 0.2) is 0 Å². The number of hydrogen-bond donors (Lipinski definition) is 0. The van der Waals surface area contributed by atoms with Gasteiger partial charge >= 0.3 is 0 Å². The third kappa shape index (κ3) is 6.95. The van der Waals surface area contributed by atoms with Crippen LogP contribution in [0, 0.1) is 0 Å². The lowest BCUT2D eigenvalue weighted by atomic mass is 9.84. The zero-order valence-electron chi connectivity index (χ0n) is 39.0. The summed E-state index contributed by atoms with van der Waals surface area (Å²) in [6.45, 7) is 9.06. The molecule has 12 aromatic rings. The Morgan fingerprint density at radius 2 is 0.515 bits per heavy atom. The highest BCUT2D eigenvalue weighted by Crippen LogP contribution is 2.54. The summed E-state index contributed by atoms with van der Waals surface area (Å²) >= 11 is 0. The van der Waals surface area contributed by atoms with Crippen LogP contribution in [-0.2, 0) is 0 Å². The van der Waals surface area contributed by atoms with Gasteiger partial charge in [0.25, 0.3) is 0 Å². The van der Waals surface area contributed by atoms with E-state index in [1.54, 1.807) is 0 Å². The van der Waals surface area contributed by atoms with Gasteiger partial charge in [0.1, 0.15) is 0 Å². The van der Waals surface area contributed by atoms with E-state index in [1.807, 2.05) is 0 Å². The molecule has 2 heteroatoms. The molecule has 12 rings (SSSR count). The van der Waals surface area contributed by atoms with Gasteiger partial charge in [-0.2, -0.15) is 0 Å². The second-order valence-corrected chi connectivity index (χ2v) is 18.9. The fourth-order valence-electron chi connectivity index (χ4n) is 10.7. The molecule has 0 unspecified atom stereocenters. The third-order valence-corrected chi connectivity index (χ3v) is 14.1. The van der Waals surface area contributed by atoms with Gasteiger partial charge in [-0.05, 0) is 126 Å². The summed E-state index contributed by atoms with van der Waals surface area (Å²) in [5.74, 6) is 0.862. The topological polar surface area (TPSA) is 6.48 Å². The van der Waals surface area contributed by atoms with Crippen LogP contribution in [0.3, 0.4) is 0 Å². The molecule has 0 bridgehead atoms. The van der Waals surface area contributed by atoms with Crippen molar-refractivity contribution in [2.45, 2.75) is 39.5 Å². The van der Waals surface area contributed by atoms with Crippen molar-refractivity contribution < 1.29 is 0 Å². The van der Waals surface area contributed by atoms with E-state index < -0.39 is 0 Å². The Balaban J connectivity index is 1.17. The second kappa shape index (κ2) is 16.9. The molecule has 0 aliphatic heterocycles. The van der Waals surface area contributed by atoms with Crippen molar-refractivity contribution in [1.29, 1.82) is 0 Å². The zero-order valence-corrected chi connectivity index (χ0v) is 39.0. The van der Waals surface area contributed by atoms with E-state index in [-0.39, 0.29) is 0 Å². The zero-order chi connectivity index (χ0) is 45.9. The maximum Gasteiger partial charge on any atom is 0.0618 e. The maximum absolute atomic E-state index is 2.50. The molecule has 68 heavy (non-hydrogen) atoms. The highest BCUT2D eigenvalue weighted by molar-refractivity contribution is 6.30. The first-order valence-corrected chi connectivity index (χ1v) is 24.1. The Bertz CT molecular complexity index is 3490. The first-order chi connectivity index (χ1) is 33.4. The van der Waals surface area contributed by atoms with Crippen molar-refractivity contribution in [3.05, 3.63) is 242 Å². The molecule has 0 amide bonds. The van der Waals surface area contributed by atoms with Crippen LogP contribution in [0.2, 0.25) is 0 Å². The van der Waals surface area contributed by atoms with Gasteiger partial charge < -0.3 is 9.80 Å². The van der Waals surface area contributed by atoms with Crippen LogP contribution in [-0.4, -0.2) is 0 Å². The Kier molecular flexibility index (Phi) is 10.3. The summed E-state index contributed by atoms with van der Waals surface area (Å²) in [5, 5.41) is 14.5. The van der Waals surface area contributed by atoms with E-state index in [9.17, 15) is 0 Å². The molecule has 0 aliphatic carbocycles. The molecule has 0 spiro atoms. The van der Waals surface area contributed by atoms with Crippen molar-refractivity contribution in [1.82, 2.24) is 0 Å². The Labute approximate surface area is 399 Å². The number of nitrogens with zero attached hydrogens (tertiary/aromatic N) is 2. The molecule has 0 atom stereocenters. The molecule has 0 saturated carbocycles. The van der Waals surface area contributed by atoms with E-state index in [0.29, 0.717) is 11.8 Å². The minimum absolute atomic E-state index is 0.431. The fraction of sp³-hybridized carbons (Fsp3) is 0.0909. The van der Waals surface area contributed by atoms with E-state index >= 15 is 0 Å². The summed E-state index contributed by atoms with van der Waals surface area (Å²) in [6.07, 6.45) is 0. The average Bonchev–Trinajstić information content (AvgIpc) is 3.39. The number of hydrogen-bond acceptors (Lipinski definition) is 2. The summed E-state index contributed by atoms with van der Waals surface area (Å²) in [5.41, 5.74) is 12.0. The van der Waals surface area contributed by atoms with Gasteiger partial charge in [0, 0.05) is 44.3 Å². The lowest BCUT2D eigenvalue weighted by Gasteiger charge is -2.31. The first-order valence-electron chi connectivity index (χ1n) is 24.1. The third-order valence-electron chi connectivity index (χ3n) is 14.1. The van der Waals surface area contributed by atoms with Crippen molar-refractivity contribution in [2.24, 2.45) is 0 Å². The predicted octanol–water partition coefficient (Wildman–Crippen LogP) is 19.5. The standard InChI is InChI=1S/C66H52N2/c1-43(2)45-29-35-51(36-30-45)67(53-39-33-47-17-5-7-19-49(47)41-53)65-59-25-13-9-21-55(59)63(56-22-10-14-26-60(56)65)64-57-23-11-15-27-61(57)66(62-28-16-12-24-58(62)64)68(52-37-31-46(32-38-52)44(3)4)54-40-34-48-18-6-8-20-50(48)42-54/h5-44H,1-4H3. The highest BCUT2D eigenvalue weighted by atomic mass is 15.2. The quantitative estimate of drug-likeness (QED) is 0.133. The molecule has 0 N–H and O–H groups in total. The van der Waals surface area contributed by atoms with Crippen LogP contribution in [0.4, 0.5) is 34.1 Å². The molecule has 326 valence electrons. The van der Waals surface area contributed by atoms with Gasteiger partial charge in [0.05, 0.1) is 11.4 Å². The molecule has 0 aliphatic rings. The Hall–Kier alpha value is -8.20. The lowest BCUT2D eigenvalue weighted by molar-refractivity contribution is 0.866. The molecule has 0 saturated heterocycles. The smallest absolute Gasteiger partial charge is 0.0618 e. The number of fused-ring (bicyclic) bond motifs is 6. The van der Waals surface area contributed by atoms with Crippen LogP contribution in [0.5, 0.6) is 0 Å². The van der Waals surface area contributed by atoms with Crippen molar-refractivity contribution in [2.75, 3.05) is 9.80 Å². The van der Waals surface area contributed by atoms with Gasteiger partial charge in [-0.3, -0.25) is 0 Å². The SMILES string of the molecule is CC(C)c1ccc(N(c2ccc3ccccc3c2)c2c3ccccc3c(-c3c4ccccc4c(N(c4ccc(C(C)C)cc4)c4ccc5ccccc5c4)c4ccccc34)c3ccccc23)cc1. The normalized spacial score (nSPS) is 11.8. The molecule has 2 nitrogen and oxygen atoms in total. The van der Waals surface area contributed by atoms with Crippen LogP contribution >= 0.6 is 0 Å². The summed E-state index contributed by atoms with van der Waals surface area (Å²) in [4.78, 5) is 4.99. The number of rotatable bonds is 9. The van der Waals surface area contributed by atoms with Crippen LogP contribution in [0.25, 0.3) is 75.8 Å². The lowest BCUT2D eigenvalue weighted by Crippen LogP contribution is -2.12. The van der Waals surface area contributed by atoms with E-state index in [1.165, 1.54) is 98.3 Å². The molecular weight excluding hydrogens is 821 g/mol. The van der Waals surface area contributed by atoms with Crippen LogP contribution in [0.1, 0.15) is 50.7 Å². The summed E-state index contributed by atoms with van der Waals surface area (Å²) < 4.78 is 0. The fourth-order valence-corrected chi connectivity index (χ4v) is 10.7. The molecule has 0 heterocycles. The molecule has 0 aromatic heterocycles. The van der Waals surface area contributed by atoms with Crippen LogP contribution in [0.15, 0.2) is 231 Å². The van der Waals surface area contributed by atoms with Gasteiger partial charge in [-0.1, -0.05) is 210 Å². The van der Waals surface area contributed by atoms with Crippen molar-refractivity contribution in [3.8, 4) is 11.1 Å². The predicted molar refractivity (Wildman–Crippen MR) is 294 cm³/mol. The summed E-state index contributed by atoms with van der Waals surface area (Å²) in [6, 6.07) is 85.9. The minimum Gasteiger partial charge on any atom is -0.309 e. The monoisotopic (exact) mass is 872 g/mol. The van der Waals surface area contributed by atoms with E-state index in [4.69, 9.17) is 0 Å². The van der Waals surface area contributed by atoms with E-state index in [2.05, 4.69) is 268 Å². The van der Waals surface area contributed by atoms with Gasteiger partial charge in [-0.15, -0.1) is 0 Å². The van der Waals surface area contributed by atoms with Crippen LogP contribution < -0.4 is 9.80 Å². The van der Waals surface area contributed by atoms with Gasteiger partial charge in [-0.25, -0.2) is 0 Å². The highest BCUT2D eigenvalue weighted by Gasteiger charge is 2.27. The molecule has 0 fully saturated rings. The van der Waals surface area contributed by atoms with E-state index in [0.717, 1.165) is 22.7 Å². The van der Waals surface area contributed by atoms with Gasteiger partial charge in [0.2, 0.25) is 0 Å². The number of anilines is 6. The second-order valence-electron chi connectivity index (χ2n) is 18.9.